The van der Waals surface area contributed by atoms with Gasteiger partial charge in [-0.05, 0) is 19.4 Å². The quantitative estimate of drug-likeness (QED) is 0.671. The standard InChI is InChI=1S/C12H20N2O3/c1-10(16-2)13-5-7-14(8-6-13)12(15)11-4-3-9-17-11/h11H,1,3-9H2,2H3. The average Bonchev–Trinajstić information content (AvgIpc) is 2.91. The molecule has 0 spiro atoms. The highest BCUT2D eigenvalue weighted by atomic mass is 16.5. The number of carbonyl (C=O) groups excluding carboxylic acids is 1. The SMILES string of the molecule is C=C(OC)N1CCN(C(=O)C2CCCO2)CC1. The normalized spacial score (nSPS) is 24.9. The molecule has 0 saturated carbocycles. The van der Waals surface area contributed by atoms with Gasteiger partial charge >= 0.3 is 0 Å². The minimum atomic E-state index is -0.202. The number of hydrogen-bond acceptors (Lipinski definition) is 4. The van der Waals surface area contributed by atoms with Gasteiger partial charge in [0.05, 0.1) is 7.11 Å². The van der Waals surface area contributed by atoms with Gasteiger partial charge in [0, 0.05) is 32.8 Å². The lowest BCUT2D eigenvalue weighted by molar-refractivity contribution is -0.142. The first kappa shape index (κ1) is 12.2. The number of nitrogens with zero attached hydrogens (tertiary/aromatic N) is 2. The van der Waals surface area contributed by atoms with Gasteiger partial charge in [0.25, 0.3) is 5.91 Å². The molecule has 2 aliphatic heterocycles. The zero-order chi connectivity index (χ0) is 12.3. The predicted octanol–water partition coefficient (Wildman–Crippen LogP) is 0.427. The van der Waals surface area contributed by atoms with Crippen LogP contribution < -0.4 is 0 Å². The fraction of sp³-hybridized carbons (Fsp3) is 0.750. The van der Waals surface area contributed by atoms with Crippen molar-refractivity contribution in [3.05, 3.63) is 12.5 Å². The van der Waals surface area contributed by atoms with Crippen molar-refractivity contribution >= 4 is 5.91 Å². The van der Waals surface area contributed by atoms with Gasteiger partial charge in [0.2, 0.25) is 0 Å². The molecule has 2 rings (SSSR count). The molecule has 0 N–H and O–H groups in total. The minimum Gasteiger partial charge on any atom is -0.483 e. The molecule has 96 valence electrons. The van der Waals surface area contributed by atoms with Gasteiger partial charge in [-0.25, -0.2) is 0 Å². The van der Waals surface area contributed by atoms with E-state index in [1.54, 1.807) is 7.11 Å². The van der Waals surface area contributed by atoms with Crippen molar-refractivity contribution in [2.75, 3.05) is 39.9 Å². The van der Waals surface area contributed by atoms with E-state index >= 15 is 0 Å². The maximum Gasteiger partial charge on any atom is 0.251 e. The predicted molar refractivity (Wildman–Crippen MR) is 63.3 cm³/mol. The molecule has 1 atom stereocenters. The lowest BCUT2D eigenvalue weighted by atomic mass is 10.2. The van der Waals surface area contributed by atoms with E-state index < -0.39 is 0 Å². The van der Waals surface area contributed by atoms with E-state index in [0.717, 1.165) is 45.6 Å². The Morgan fingerprint density at radius 2 is 1.94 bits per heavy atom. The molecule has 1 amide bonds. The third kappa shape index (κ3) is 2.72. The zero-order valence-corrected chi connectivity index (χ0v) is 10.4. The van der Waals surface area contributed by atoms with E-state index in [9.17, 15) is 4.79 Å². The number of ether oxygens (including phenoxy) is 2. The summed E-state index contributed by atoms with van der Waals surface area (Å²) in [6, 6.07) is 0. The highest BCUT2D eigenvalue weighted by Crippen LogP contribution is 2.16. The van der Waals surface area contributed by atoms with Crippen molar-refractivity contribution in [3.63, 3.8) is 0 Å². The third-order valence-electron chi connectivity index (χ3n) is 3.38. The van der Waals surface area contributed by atoms with Crippen LogP contribution in [0.2, 0.25) is 0 Å². The summed E-state index contributed by atoms with van der Waals surface area (Å²) in [4.78, 5) is 16.0. The Morgan fingerprint density at radius 3 is 2.47 bits per heavy atom. The number of methoxy groups -OCH3 is 1. The van der Waals surface area contributed by atoms with Gasteiger partial charge in [-0.1, -0.05) is 0 Å². The van der Waals surface area contributed by atoms with E-state index in [1.807, 2.05) is 4.90 Å². The van der Waals surface area contributed by atoms with Gasteiger partial charge in [-0.15, -0.1) is 0 Å². The molecule has 2 fully saturated rings. The van der Waals surface area contributed by atoms with Crippen LogP contribution in [0.1, 0.15) is 12.8 Å². The van der Waals surface area contributed by atoms with Gasteiger partial charge in [-0.3, -0.25) is 4.79 Å². The van der Waals surface area contributed by atoms with Crippen molar-refractivity contribution < 1.29 is 14.3 Å². The summed E-state index contributed by atoms with van der Waals surface area (Å²) in [5.74, 6) is 0.819. The number of rotatable bonds is 3. The van der Waals surface area contributed by atoms with Crippen LogP contribution in [-0.4, -0.2) is 61.7 Å². The molecule has 0 aliphatic carbocycles. The molecule has 0 aromatic carbocycles. The summed E-state index contributed by atoms with van der Waals surface area (Å²) >= 11 is 0. The van der Waals surface area contributed by atoms with E-state index in [-0.39, 0.29) is 12.0 Å². The van der Waals surface area contributed by atoms with Crippen LogP contribution in [0, 0.1) is 0 Å². The summed E-state index contributed by atoms with van der Waals surface area (Å²) in [7, 11) is 1.62. The molecule has 2 aliphatic rings. The third-order valence-corrected chi connectivity index (χ3v) is 3.38. The lowest BCUT2D eigenvalue weighted by Gasteiger charge is -2.36. The van der Waals surface area contributed by atoms with Crippen molar-refractivity contribution in [2.45, 2.75) is 18.9 Å². The maximum absolute atomic E-state index is 12.1. The molecule has 0 bridgehead atoms. The minimum absolute atomic E-state index is 0.144. The van der Waals surface area contributed by atoms with Crippen LogP contribution in [0.4, 0.5) is 0 Å². The van der Waals surface area contributed by atoms with Crippen LogP contribution >= 0.6 is 0 Å². The summed E-state index contributed by atoms with van der Waals surface area (Å²) in [5.41, 5.74) is 0. The molecular weight excluding hydrogens is 220 g/mol. The number of amides is 1. The second-order valence-corrected chi connectivity index (χ2v) is 4.41. The molecule has 5 heteroatoms. The molecule has 0 aromatic heterocycles. The molecule has 17 heavy (non-hydrogen) atoms. The zero-order valence-electron chi connectivity index (χ0n) is 10.4. The monoisotopic (exact) mass is 240 g/mol. The van der Waals surface area contributed by atoms with Crippen molar-refractivity contribution in [1.29, 1.82) is 0 Å². The molecule has 1 unspecified atom stereocenters. The molecule has 2 heterocycles. The smallest absolute Gasteiger partial charge is 0.251 e. The van der Waals surface area contributed by atoms with E-state index in [4.69, 9.17) is 9.47 Å². The van der Waals surface area contributed by atoms with Crippen LogP contribution in [0.25, 0.3) is 0 Å². The number of carbonyl (C=O) groups is 1. The Kier molecular flexibility index (Phi) is 3.89. The summed E-state index contributed by atoms with van der Waals surface area (Å²) < 4.78 is 10.5. The van der Waals surface area contributed by atoms with Gasteiger partial charge < -0.3 is 19.3 Å². The van der Waals surface area contributed by atoms with Crippen LogP contribution in [-0.2, 0) is 14.3 Å². The van der Waals surface area contributed by atoms with Crippen molar-refractivity contribution in [1.82, 2.24) is 9.80 Å². The van der Waals surface area contributed by atoms with E-state index in [0.29, 0.717) is 5.88 Å². The molecular formula is C12H20N2O3. The van der Waals surface area contributed by atoms with E-state index in [1.165, 1.54) is 0 Å². The Balaban J connectivity index is 1.82. The highest BCUT2D eigenvalue weighted by Gasteiger charge is 2.30. The summed E-state index contributed by atoms with van der Waals surface area (Å²) in [6.07, 6.45) is 1.66. The first-order valence-corrected chi connectivity index (χ1v) is 6.10. The van der Waals surface area contributed by atoms with Gasteiger partial charge in [0.15, 0.2) is 5.88 Å². The average molecular weight is 240 g/mol. The van der Waals surface area contributed by atoms with Crippen LogP contribution in [0.5, 0.6) is 0 Å². The highest BCUT2D eigenvalue weighted by molar-refractivity contribution is 5.81. The second kappa shape index (κ2) is 5.40. The Bertz CT molecular complexity index is 292. The van der Waals surface area contributed by atoms with Gasteiger partial charge in [0.1, 0.15) is 6.10 Å². The molecule has 0 aromatic rings. The summed E-state index contributed by atoms with van der Waals surface area (Å²) in [6.45, 7) is 7.55. The number of piperazine rings is 1. The first-order chi connectivity index (χ1) is 8.22. The Morgan fingerprint density at radius 1 is 1.29 bits per heavy atom. The lowest BCUT2D eigenvalue weighted by Crippen LogP contribution is -2.51. The van der Waals surface area contributed by atoms with Crippen molar-refractivity contribution in [3.8, 4) is 0 Å². The fourth-order valence-electron chi connectivity index (χ4n) is 2.28. The maximum atomic E-state index is 12.1. The largest absolute Gasteiger partial charge is 0.483 e. The topological polar surface area (TPSA) is 42.0 Å². The summed E-state index contributed by atoms with van der Waals surface area (Å²) in [5, 5.41) is 0. The first-order valence-electron chi connectivity index (χ1n) is 6.10. The Labute approximate surface area is 102 Å². The number of hydrogen-bond donors (Lipinski definition) is 0. The molecule has 2 saturated heterocycles. The van der Waals surface area contributed by atoms with E-state index in [2.05, 4.69) is 11.5 Å². The van der Waals surface area contributed by atoms with Crippen molar-refractivity contribution in [2.24, 2.45) is 0 Å². The molecule has 5 nitrogen and oxygen atoms in total. The van der Waals surface area contributed by atoms with Crippen LogP contribution in [0.15, 0.2) is 12.5 Å². The Hall–Kier alpha value is -1.23. The second-order valence-electron chi connectivity index (χ2n) is 4.41. The van der Waals surface area contributed by atoms with Crippen LogP contribution in [0.3, 0.4) is 0 Å². The fourth-order valence-corrected chi connectivity index (χ4v) is 2.28. The van der Waals surface area contributed by atoms with Gasteiger partial charge in [-0.2, -0.15) is 0 Å². The molecule has 0 radical (unpaired) electrons.